The molecule has 0 aliphatic carbocycles. The van der Waals surface area contributed by atoms with Crippen molar-refractivity contribution in [1.82, 2.24) is 15.1 Å². The lowest BCUT2D eigenvalue weighted by Gasteiger charge is -2.35. The van der Waals surface area contributed by atoms with Crippen LogP contribution < -0.4 is 16.4 Å². The van der Waals surface area contributed by atoms with Crippen molar-refractivity contribution in [2.45, 2.75) is 58.5 Å². The molecular weight excluding hydrogens is 571 g/mol. The summed E-state index contributed by atoms with van der Waals surface area (Å²) < 4.78 is 47.4. The number of carbonyl (C=O) groups excluding carboxylic acids is 2. The number of alkyl halides is 3. The van der Waals surface area contributed by atoms with Gasteiger partial charge in [-0.25, -0.2) is 9.48 Å². The van der Waals surface area contributed by atoms with Gasteiger partial charge in [0.15, 0.2) is 5.69 Å². The highest BCUT2D eigenvalue weighted by atomic mass is 19.4. The van der Waals surface area contributed by atoms with Gasteiger partial charge >= 0.3 is 12.3 Å². The van der Waals surface area contributed by atoms with E-state index in [9.17, 15) is 22.8 Å². The van der Waals surface area contributed by atoms with Crippen LogP contribution in [0.25, 0.3) is 5.69 Å². The summed E-state index contributed by atoms with van der Waals surface area (Å²) >= 11 is 0. The van der Waals surface area contributed by atoms with E-state index in [1.54, 1.807) is 51.1 Å². The summed E-state index contributed by atoms with van der Waals surface area (Å²) in [6, 6.07) is 23.5. The summed E-state index contributed by atoms with van der Waals surface area (Å²) in [6.45, 7) is 9.21. The Labute approximate surface area is 254 Å². The Morgan fingerprint density at radius 2 is 1.57 bits per heavy atom. The largest absolute Gasteiger partial charge is 0.444 e. The number of hydrogen-bond donors (Lipinski definition) is 3. The van der Waals surface area contributed by atoms with E-state index < -0.39 is 35.0 Å². The zero-order valence-corrected chi connectivity index (χ0v) is 25.2. The smallest absolute Gasteiger partial charge is 0.435 e. The number of nitrogens with zero attached hydrogens (tertiary/aromatic N) is 2. The summed E-state index contributed by atoms with van der Waals surface area (Å²) in [5, 5.41) is 9.04. The van der Waals surface area contributed by atoms with Crippen LogP contribution in [0.15, 0.2) is 84.9 Å². The molecule has 11 heteroatoms. The number of ether oxygens (including phenoxy) is 1. The van der Waals surface area contributed by atoms with Crippen LogP contribution in [0.5, 0.6) is 0 Å². The van der Waals surface area contributed by atoms with Crippen LogP contribution in [0.1, 0.15) is 67.5 Å². The van der Waals surface area contributed by atoms with Gasteiger partial charge in [-0.3, -0.25) is 4.79 Å². The van der Waals surface area contributed by atoms with Crippen LogP contribution >= 0.6 is 0 Å². The normalized spacial score (nSPS) is 13.3. The third-order valence-corrected chi connectivity index (χ3v) is 6.98. The molecule has 1 heterocycles. The number of rotatable bonds is 8. The molecule has 2 amide bonds. The van der Waals surface area contributed by atoms with Gasteiger partial charge in [-0.05, 0) is 67.6 Å². The molecule has 8 nitrogen and oxygen atoms in total. The zero-order chi connectivity index (χ0) is 32.3. The molecule has 0 saturated carbocycles. The Morgan fingerprint density at radius 1 is 0.909 bits per heavy atom. The van der Waals surface area contributed by atoms with Gasteiger partial charge in [-0.1, -0.05) is 68.4 Å². The van der Waals surface area contributed by atoms with Crippen molar-refractivity contribution >= 4 is 17.7 Å². The molecule has 44 heavy (non-hydrogen) atoms. The number of aromatic nitrogens is 2. The quantitative estimate of drug-likeness (QED) is 0.199. The van der Waals surface area contributed by atoms with Crippen molar-refractivity contribution in [3.8, 4) is 5.69 Å². The lowest BCUT2D eigenvalue weighted by Crippen LogP contribution is -2.43. The number of carbonyl (C=O) groups is 2. The van der Waals surface area contributed by atoms with E-state index in [1.165, 1.54) is 12.1 Å². The van der Waals surface area contributed by atoms with Crippen molar-refractivity contribution in [2.75, 3.05) is 5.32 Å². The molecule has 0 aliphatic rings. The van der Waals surface area contributed by atoms with E-state index in [2.05, 4.69) is 15.7 Å². The van der Waals surface area contributed by atoms with Crippen LogP contribution in [-0.2, 0) is 23.0 Å². The first-order chi connectivity index (χ1) is 20.6. The molecule has 1 aromatic heterocycles. The lowest BCUT2D eigenvalue weighted by molar-refractivity contribution is -0.141. The van der Waals surface area contributed by atoms with Gasteiger partial charge in [0.25, 0.3) is 5.91 Å². The molecule has 4 rings (SSSR count). The number of amides is 2. The molecule has 0 radical (unpaired) electrons. The summed E-state index contributed by atoms with van der Waals surface area (Å²) in [5.74, 6) is -0.821. The fraction of sp³-hybridized carbons (Fsp3) is 0.303. The molecular formula is C33H36F3N5O3. The number of halogens is 3. The molecule has 1 atom stereocenters. The van der Waals surface area contributed by atoms with Gasteiger partial charge in [-0.15, -0.1) is 0 Å². The van der Waals surface area contributed by atoms with Crippen LogP contribution in [0.4, 0.5) is 23.7 Å². The molecule has 4 aromatic rings. The predicted molar refractivity (Wildman–Crippen MR) is 162 cm³/mol. The molecule has 4 N–H and O–H groups in total. The van der Waals surface area contributed by atoms with Gasteiger partial charge < -0.3 is 21.1 Å². The Balaban J connectivity index is 1.65. The van der Waals surface area contributed by atoms with Gasteiger partial charge in [0.05, 0.1) is 11.2 Å². The minimum absolute atomic E-state index is 0.0243. The van der Waals surface area contributed by atoms with Crippen molar-refractivity contribution in [3.63, 3.8) is 0 Å². The minimum atomic E-state index is -4.79. The van der Waals surface area contributed by atoms with Crippen molar-refractivity contribution in [1.29, 1.82) is 0 Å². The van der Waals surface area contributed by atoms with E-state index in [4.69, 9.17) is 10.5 Å². The lowest BCUT2D eigenvalue weighted by atomic mass is 9.75. The molecule has 0 aliphatic heterocycles. The number of alkyl carbamates (subject to hydrolysis) is 1. The number of nitrogens with two attached hydrogens (primary N) is 1. The molecule has 0 fully saturated rings. The first-order valence-electron chi connectivity index (χ1n) is 14.1. The monoisotopic (exact) mass is 607 g/mol. The maximum Gasteiger partial charge on any atom is 0.435 e. The van der Waals surface area contributed by atoms with Crippen LogP contribution in [-0.4, -0.2) is 27.4 Å². The van der Waals surface area contributed by atoms with E-state index in [-0.39, 0.29) is 23.8 Å². The Morgan fingerprint density at radius 3 is 2.20 bits per heavy atom. The summed E-state index contributed by atoms with van der Waals surface area (Å²) in [6.07, 6.45) is -5.43. The van der Waals surface area contributed by atoms with Gasteiger partial charge in [0.1, 0.15) is 11.3 Å². The molecule has 0 spiro atoms. The first kappa shape index (κ1) is 32.3. The highest BCUT2D eigenvalue weighted by molar-refractivity contribution is 6.03. The Kier molecular flexibility index (Phi) is 9.19. The van der Waals surface area contributed by atoms with Crippen molar-refractivity contribution in [2.24, 2.45) is 11.7 Å². The van der Waals surface area contributed by atoms with Gasteiger partial charge in [0, 0.05) is 18.3 Å². The van der Waals surface area contributed by atoms with Crippen molar-refractivity contribution < 1.29 is 27.5 Å². The van der Waals surface area contributed by atoms with Gasteiger partial charge in [-0.2, -0.15) is 18.3 Å². The Bertz CT molecular complexity index is 1630. The first-order valence-corrected chi connectivity index (χ1v) is 14.1. The maximum atomic E-state index is 13.7. The van der Waals surface area contributed by atoms with Crippen LogP contribution in [0.3, 0.4) is 0 Å². The summed E-state index contributed by atoms with van der Waals surface area (Å²) in [7, 11) is 0. The molecule has 0 bridgehead atoms. The van der Waals surface area contributed by atoms with E-state index in [1.807, 2.05) is 50.2 Å². The fourth-order valence-electron chi connectivity index (χ4n) is 4.76. The predicted octanol–water partition coefficient (Wildman–Crippen LogP) is 7.03. The number of benzene rings is 3. The topological polar surface area (TPSA) is 111 Å². The van der Waals surface area contributed by atoms with Crippen LogP contribution in [0, 0.1) is 5.92 Å². The molecule has 232 valence electrons. The number of anilines is 1. The highest BCUT2D eigenvalue weighted by Gasteiger charge is 2.37. The molecule has 3 aromatic carbocycles. The zero-order valence-electron chi connectivity index (χ0n) is 25.2. The SMILES string of the molecule is CC(C)C(N)(c1ccccc1)c1cccc(NC(=O)c2cc(C(F)(F)F)nn2-c2cccc(CNC(=O)OC(C)(C)C)c2)c1. The minimum Gasteiger partial charge on any atom is -0.444 e. The van der Waals surface area contributed by atoms with E-state index in [0.29, 0.717) is 17.3 Å². The fourth-order valence-corrected chi connectivity index (χ4v) is 4.76. The van der Waals surface area contributed by atoms with E-state index in [0.717, 1.165) is 15.8 Å². The average Bonchev–Trinajstić information content (AvgIpc) is 3.42. The maximum absolute atomic E-state index is 13.7. The Hall–Kier alpha value is -4.64. The summed E-state index contributed by atoms with van der Waals surface area (Å²) in [5.41, 5.74) is 6.54. The second-order valence-corrected chi connectivity index (χ2v) is 11.8. The molecule has 0 saturated heterocycles. The standard InChI is InChI=1S/C33H36F3N5O3/c1-21(2)32(37,23-12-7-6-8-13-23)24-14-10-15-25(18-24)39-29(42)27-19-28(33(34,35)36)40-41(27)26-16-9-11-22(17-26)20-38-30(43)44-31(3,4)5/h6-19,21H,20,37H2,1-5H3,(H,38,43)(H,39,42). The second kappa shape index (κ2) is 12.5. The summed E-state index contributed by atoms with van der Waals surface area (Å²) in [4.78, 5) is 25.6. The van der Waals surface area contributed by atoms with Crippen molar-refractivity contribution in [3.05, 3.63) is 113 Å². The molecule has 1 unspecified atom stereocenters. The number of nitrogens with one attached hydrogen (secondary N) is 2. The van der Waals surface area contributed by atoms with Crippen LogP contribution in [0.2, 0.25) is 0 Å². The highest BCUT2D eigenvalue weighted by Crippen LogP contribution is 2.35. The average molecular weight is 608 g/mol. The van der Waals surface area contributed by atoms with Gasteiger partial charge in [0.2, 0.25) is 0 Å². The second-order valence-electron chi connectivity index (χ2n) is 11.8. The third kappa shape index (κ3) is 7.46. The number of hydrogen-bond acceptors (Lipinski definition) is 5. The van der Waals surface area contributed by atoms with E-state index >= 15 is 0 Å². The third-order valence-electron chi connectivity index (χ3n) is 6.98.